The number of halogens is 1. The maximum absolute atomic E-state index is 11.3. The lowest BCUT2D eigenvalue weighted by atomic mass is 9.78. The molecular weight excluding hydrogens is 302 g/mol. The van der Waals surface area contributed by atoms with Crippen molar-refractivity contribution in [3.8, 4) is 5.75 Å². The van der Waals surface area contributed by atoms with Gasteiger partial charge in [0.1, 0.15) is 12.4 Å². The normalized spacial score (nSPS) is 18.5. The minimum atomic E-state index is -0.386. The lowest BCUT2D eigenvalue weighted by Gasteiger charge is -2.29. The molecule has 4 nitrogen and oxygen atoms in total. The predicted octanol–water partition coefficient (Wildman–Crippen LogP) is 4.19. The Morgan fingerprint density at radius 2 is 1.55 bits per heavy atom. The molecule has 22 heavy (non-hydrogen) atoms. The van der Waals surface area contributed by atoms with Crippen molar-refractivity contribution in [2.45, 2.75) is 58.4 Å². The minimum absolute atomic E-state index is 0. The third-order valence-electron chi connectivity index (χ3n) is 3.82. The van der Waals surface area contributed by atoms with E-state index in [0.29, 0.717) is 12.4 Å². The van der Waals surface area contributed by atoms with Crippen LogP contribution in [0.5, 0.6) is 5.75 Å². The smallest absolute Gasteiger partial charge is 0.407 e. The summed E-state index contributed by atoms with van der Waals surface area (Å²) in [6.07, 6.45) is -0.386. The Balaban J connectivity index is 0.00000242. The van der Waals surface area contributed by atoms with Crippen molar-refractivity contribution in [2.24, 2.45) is 0 Å². The molecule has 0 aliphatic carbocycles. The van der Waals surface area contributed by atoms with Gasteiger partial charge in [0.05, 0.1) is 6.04 Å². The molecule has 2 N–H and O–H groups in total. The molecule has 0 spiro atoms. The Morgan fingerprint density at radius 1 is 1.09 bits per heavy atom. The standard InChI is InChI=1S/C17H25NO3.ClH/c1-16(2,3)11-7-10(13-9-21-15(20)18-13)8-12(14(11)19)17(4,5)6;/h7-8,13,19H,9H2,1-6H3,(H,18,20);1H/t13-;/m0./s1. The van der Waals surface area contributed by atoms with Gasteiger partial charge < -0.3 is 15.2 Å². The molecule has 1 saturated heterocycles. The van der Waals surface area contributed by atoms with Crippen LogP contribution in [0.1, 0.15) is 64.3 Å². The number of hydrogen-bond donors (Lipinski definition) is 2. The van der Waals surface area contributed by atoms with Gasteiger partial charge in [0.2, 0.25) is 0 Å². The van der Waals surface area contributed by atoms with E-state index in [-0.39, 0.29) is 35.4 Å². The van der Waals surface area contributed by atoms with Gasteiger partial charge in [-0.3, -0.25) is 0 Å². The van der Waals surface area contributed by atoms with E-state index in [1.807, 2.05) is 12.1 Å². The largest absolute Gasteiger partial charge is 0.507 e. The summed E-state index contributed by atoms with van der Waals surface area (Å²) in [5, 5.41) is 13.5. The van der Waals surface area contributed by atoms with Crippen molar-refractivity contribution in [3.63, 3.8) is 0 Å². The summed E-state index contributed by atoms with van der Waals surface area (Å²) in [6.45, 7) is 12.8. The lowest BCUT2D eigenvalue weighted by molar-refractivity contribution is 0.177. The van der Waals surface area contributed by atoms with Crippen LogP contribution in [0, 0.1) is 0 Å². The summed E-state index contributed by atoms with van der Waals surface area (Å²) >= 11 is 0. The average molecular weight is 328 g/mol. The van der Waals surface area contributed by atoms with Gasteiger partial charge in [-0.05, 0) is 39.7 Å². The summed E-state index contributed by atoms with van der Waals surface area (Å²) in [6, 6.07) is 3.80. The van der Waals surface area contributed by atoms with Gasteiger partial charge in [0.25, 0.3) is 0 Å². The number of ether oxygens (including phenoxy) is 1. The highest BCUT2D eigenvalue weighted by Gasteiger charge is 2.30. The molecule has 1 aromatic carbocycles. The highest BCUT2D eigenvalue weighted by atomic mass is 35.5. The summed E-state index contributed by atoms with van der Waals surface area (Å²) in [7, 11) is 0. The zero-order chi connectivity index (χ0) is 16.0. The highest BCUT2D eigenvalue weighted by molar-refractivity contribution is 5.85. The number of nitrogens with one attached hydrogen (secondary N) is 1. The average Bonchev–Trinajstić information content (AvgIpc) is 2.73. The summed E-state index contributed by atoms with van der Waals surface area (Å²) in [5.41, 5.74) is 2.42. The van der Waals surface area contributed by atoms with E-state index in [1.54, 1.807) is 0 Å². The molecule has 1 heterocycles. The molecule has 1 aliphatic rings. The number of amides is 1. The highest BCUT2D eigenvalue weighted by Crippen LogP contribution is 2.41. The number of hydrogen-bond acceptors (Lipinski definition) is 3. The molecule has 0 saturated carbocycles. The maximum atomic E-state index is 11.3. The van der Waals surface area contributed by atoms with Crippen molar-refractivity contribution < 1.29 is 14.6 Å². The Labute approximate surface area is 138 Å². The second-order valence-corrected chi connectivity index (χ2v) is 7.76. The van der Waals surface area contributed by atoms with Crippen LogP contribution >= 0.6 is 12.4 Å². The van der Waals surface area contributed by atoms with Crippen LogP contribution < -0.4 is 5.32 Å². The molecule has 0 bridgehead atoms. The Hall–Kier alpha value is -1.42. The number of carbonyl (C=O) groups excluding carboxylic acids is 1. The lowest BCUT2D eigenvalue weighted by Crippen LogP contribution is -2.22. The summed E-state index contributed by atoms with van der Waals surface area (Å²) in [5.74, 6) is 0.351. The Morgan fingerprint density at radius 3 is 1.86 bits per heavy atom. The minimum Gasteiger partial charge on any atom is -0.507 e. The summed E-state index contributed by atoms with van der Waals surface area (Å²) in [4.78, 5) is 11.3. The zero-order valence-corrected chi connectivity index (χ0v) is 14.9. The van der Waals surface area contributed by atoms with Crippen LogP contribution in [-0.4, -0.2) is 17.8 Å². The second-order valence-electron chi connectivity index (χ2n) is 7.76. The van der Waals surface area contributed by atoms with Crippen molar-refractivity contribution >= 4 is 18.5 Å². The molecule has 124 valence electrons. The number of carbonyl (C=O) groups is 1. The number of benzene rings is 1. The fourth-order valence-corrected chi connectivity index (χ4v) is 2.57. The quantitative estimate of drug-likeness (QED) is 0.813. The van der Waals surface area contributed by atoms with Crippen molar-refractivity contribution in [1.29, 1.82) is 0 Å². The van der Waals surface area contributed by atoms with Gasteiger partial charge in [0, 0.05) is 0 Å². The van der Waals surface area contributed by atoms with Gasteiger partial charge in [-0.25, -0.2) is 4.79 Å². The molecule has 1 fully saturated rings. The molecule has 0 aromatic heterocycles. The van der Waals surface area contributed by atoms with Gasteiger partial charge in [-0.1, -0.05) is 41.5 Å². The topological polar surface area (TPSA) is 58.6 Å². The first-order chi connectivity index (χ1) is 9.50. The number of phenolic OH excluding ortho intramolecular Hbond substituents is 1. The van der Waals surface area contributed by atoms with E-state index in [1.165, 1.54) is 0 Å². The van der Waals surface area contributed by atoms with Crippen LogP contribution in [-0.2, 0) is 15.6 Å². The predicted molar refractivity (Wildman–Crippen MR) is 90.0 cm³/mol. The van der Waals surface area contributed by atoms with Crippen LogP contribution in [0.15, 0.2) is 12.1 Å². The number of aromatic hydroxyl groups is 1. The first kappa shape index (κ1) is 18.6. The number of rotatable bonds is 1. The van der Waals surface area contributed by atoms with Crippen molar-refractivity contribution in [1.82, 2.24) is 5.32 Å². The van der Waals surface area contributed by atoms with Crippen molar-refractivity contribution in [3.05, 3.63) is 28.8 Å². The first-order valence-corrected chi connectivity index (χ1v) is 7.31. The fraction of sp³-hybridized carbons (Fsp3) is 0.588. The van der Waals surface area contributed by atoms with E-state index in [2.05, 4.69) is 46.9 Å². The van der Waals surface area contributed by atoms with Gasteiger partial charge in [0.15, 0.2) is 0 Å². The summed E-state index contributed by atoms with van der Waals surface area (Å²) < 4.78 is 4.99. The van der Waals surface area contributed by atoms with Crippen molar-refractivity contribution in [2.75, 3.05) is 6.61 Å². The molecule has 1 amide bonds. The van der Waals surface area contributed by atoms with Crippen LogP contribution in [0.4, 0.5) is 4.79 Å². The van der Waals surface area contributed by atoms with Gasteiger partial charge >= 0.3 is 6.09 Å². The Kier molecular flexibility index (Phi) is 5.08. The molecule has 1 aliphatic heterocycles. The number of alkyl carbamates (subject to hydrolysis) is 1. The molecular formula is C17H26ClNO3. The molecule has 1 aromatic rings. The molecule has 2 rings (SSSR count). The fourth-order valence-electron chi connectivity index (χ4n) is 2.57. The maximum Gasteiger partial charge on any atom is 0.407 e. The number of cyclic esters (lactones) is 1. The monoisotopic (exact) mass is 327 g/mol. The number of phenols is 1. The SMILES string of the molecule is CC(C)(C)c1cc([C@@H]2COC(=O)N2)cc(C(C)(C)C)c1O.Cl. The molecule has 0 radical (unpaired) electrons. The third-order valence-corrected chi connectivity index (χ3v) is 3.82. The molecule has 5 heteroatoms. The molecule has 1 atom stereocenters. The zero-order valence-electron chi connectivity index (χ0n) is 14.1. The first-order valence-electron chi connectivity index (χ1n) is 7.31. The van der Waals surface area contributed by atoms with E-state index in [9.17, 15) is 9.90 Å². The molecule has 0 unspecified atom stereocenters. The van der Waals surface area contributed by atoms with E-state index >= 15 is 0 Å². The van der Waals surface area contributed by atoms with Crippen LogP contribution in [0.3, 0.4) is 0 Å². The Bertz CT molecular complexity index is 535. The van der Waals surface area contributed by atoms with Crippen LogP contribution in [0.2, 0.25) is 0 Å². The second kappa shape index (κ2) is 5.99. The van der Waals surface area contributed by atoms with E-state index in [0.717, 1.165) is 16.7 Å². The van der Waals surface area contributed by atoms with Gasteiger partial charge in [-0.15, -0.1) is 12.4 Å². The third kappa shape index (κ3) is 3.67. The van der Waals surface area contributed by atoms with E-state index in [4.69, 9.17) is 4.74 Å². The van der Waals surface area contributed by atoms with Crippen LogP contribution in [0.25, 0.3) is 0 Å². The van der Waals surface area contributed by atoms with Gasteiger partial charge in [-0.2, -0.15) is 0 Å². The van der Waals surface area contributed by atoms with E-state index < -0.39 is 0 Å².